The highest BCUT2D eigenvalue weighted by atomic mass is 35.5. The summed E-state index contributed by atoms with van der Waals surface area (Å²) in [5, 5.41) is 3.53. The van der Waals surface area contributed by atoms with Crippen LogP contribution in [0.5, 0.6) is 5.75 Å². The predicted molar refractivity (Wildman–Crippen MR) is 112 cm³/mol. The number of imidazole rings is 1. The maximum Gasteiger partial charge on any atom is 0.204 e. The van der Waals surface area contributed by atoms with Crippen molar-refractivity contribution in [2.75, 3.05) is 44.8 Å². The number of benzene rings is 2. The highest BCUT2D eigenvalue weighted by molar-refractivity contribution is 5.78. The lowest BCUT2D eigenvalue weighted by Gasteiger charge is -2.27. The first-order valence-corrected chi connectivity index (χ1v) is 10.0. The second-order valence-corrected chi connectivity index (χ2v) is 6.96. The molecule has 0 radical (unpaired) electrons. The van der Waals surface area contributed by atoms with E-state index in [9.17, 15) is 0 Å². The average Bonchev–Trinajstić information content (AvgIpc) is 3.10. The number of morpholine rings is 1. The lowest BCUT2D eigenvalue weighted by atomic mass is 10.2. The molecular weight excluding hydrogens is 388 g/mol. The van der Waals surface area contributed by atoms with Crippen LogP contribution < -0.4 is 22.5 Å². The first-order valence-electron chi connectivity index (χ1n) is 10.0. The molecule has 0 saturated carbocycles. The molecule has 0 bridgehead atoms. The van der Waals surface area contributed by atoms with E-state index in [1.165, 1.54) is 11.1 Å². The van der Waals surface area contributed by atoms with E-state index in [-0.39, 0.29) is 12.4 Å². The molecule has 2 aromatic carbocycles. The van der Waals surface area contributed by atoms with E-state index < -0.39 is 0 Å². The van der Waals surface area contributed by atoms with Crippen LogP contribution >= 0.6 is 0 Å². The molecule has 7 heteroatoms. The Kier molecular flexibility index (Phi) is 7.75. The number of hydrogen-bond acceptors (Lipinski definition) is 5. The number of ether oxygens (including phenoxy) is 2. The van der Waals surface area contributed by atoms with E-state index in [0.717, 1.165) is 63.2 Å². The fraction of sp³-hybridized carbons (Fsp3) is 0.409. The Bertz CT molecular complexity index is 891. The molecule has 0 atom stereocenters. The summed E-state index contributed by atoms with van der Waals surface area (Å²) in [6.45, 7) is 8.98. The van der Waals surface area contributed by atoms with Gasteiger partial charge in [-0.25, -0.2) is 4.98 Å². The third-order valence-corrected chi connectivity index (χ3v) is 5.08. The van der Waals surface area contributed by atoms with E-state index in [1.54, 1.807) is 0 Å². The molecule has 0 unspecified atom stereocenters. The van der Waals surface area contributed by atoms with Gasteiger partial charge in [0.2, 0.25) is 5.95 Å². The molecule has 1 aliphatic heterocycles. The molecule has 6 nitrogen and oxygen atoms in total. The zero-order chi connectivity index (χ0) is 19.2. The third-order valence-electron chi connectivity index (χ3n) is 5.08. The van der Waals surface area contributed by atoms with Crippen molar-refractivity contribution in [3.63, 3.8) is 0 Å². The van der Waals surface area contributed by atoms with Gasteiger partial charge in [-0.2, -0.15) is 0 Å². The number of hydrogen-bond donors (Lipinski definition) is 1. The Hall–Kier alpha value is -2.28. The van der Waals surface area contributed by atoms with Gasteiger partial charge in [0.15, 0.2) is 0 Å². The summed E-state index contributed by atoms with van der Waals surface area (Å²) in [7, 11) is 0. The number of halogens is 1. The Morgan fingerprint density at radius 2 is 1.79 bits per heavy atom. The van der Waals surface area contributed by atoms with Crippen molar-refractivity contribution in [1.29, 1.82) is 0 Å². The summed E-state index contributed by atoms with van der Waals surface area (Å²) >= 11 is 0. The van der Waals surface area contributed by atoms with Gasteiger partial charge < -0.3 is 31.8 Å². The monoisotopic (exact) mass is 415 g/mol. The SMILES string of the molecule is CCOc1ccc(CNc2nc3ccccc3n2CCN2CCOCC2)cc1.[Cl-]. The molecule has 0 aliphatic carbocycles. The van der Waals surface area contributed by atoms with Crippen molar-refractivity contribution in [2.24, 2.45) is 0 Å². The van der Waals surface area contributed by atoms with Crippen LogP contribution in [0.1, 0.15) is 12.5 Å². The number of nitrogens with zero attached hydrogens (tertiary/aromatic N) is 3. The van der Waals surface area contributed by atoms with Crippen LogP contribution in [0.2, 0.25) is 0 Å². The van der Waals surface area contributed by atoms with Gasteiger partial charge in [0, 0.05) is 32.7 Å². The Morgan fingerprint density at radius 1 is 1.03 bits per heavy atom. The Labute approximate surface area is 178 Å². The van der Waals surface area contributed by atoms with Crippen molar-refractivity contribution in [3.8, 4) is 5.75 Å². The van der Waals surface area contributed by atoms with Gasteiger partial charge in [0.1, 0.15) is 5.75 Å². The van der Waals surface area contributed by atoms with E-state index >= 15 is 0 Å². The van der Waals surface area contributed by atoms with Gasteiger partial charge in [-0.05, 0) is 36.8 Å². The molecule has 156 valence electrons. The highest BCUT2D eigenvalue weighted by Gasteiger charge is 2.14. The number of aromatic nitrogens is 2. The van der Waals surface area contributed by atoms with Crippen molar-refractivity contribution in [1.82, 2.24) is 14.5 Å². The Balaban J connectivity index is 0.00000240. The van der Waals surface area contributed by atoms with E-state index in [0.29, 0.717) is 6.61 Å². The smallest absolute Gasteiger partial charge is 0.204 e. The minimum atomic E-state index is 0. The average molecular weight is 416 g/mol. The van der Waals surface area contributed by atoms with Crippen LogP contribution in [0.3, 0.4) is 0 Å². The van der Waals surface area contributed by atoms with Crippen molar-refractivity contribution >= 4 is 17.0 Å². The fourth-order valence-electron chi connectivity index (χ4n) is 3.55. The van der Waals surface area contributed by atoms with Crippen LogP contribution in [-0.4, -0.2) is 53.9 Å². The summed E-state index contributed by atoms with van der Waals surface area (Å²) in [5.41, 5.74) is 3.40. The van der Waals surface area contributed by atoms with Crippen molar-refractivity contribution in [3.05, 3.63) is 54.1 Å². The third kappa shape index (κ3) is 5.41. The van der Waals surface area contributed by atoms with Crippen molar-refractivity contribution in [2.45, 2.75) is 20.0 Å². The first kappa shape index (κ1) is 21.4. The van der Waals surface area contributed by atoms with E-state index in [2.05, 4.69) is 45.1 Å². The second-order valence-electron chi connectivity index (χ2n) is 6.96. The topological polar surface area (TPSA) is 51.5 Å². The summed E-state index contributed by atoms with van der Waals surface area (Å²) in [6.07, 6.45) is 0. The number of rotatable bonds is 8. The maximum absolute atomic E-state index is 5.52. The van der Waals surface area contributed by atoms with Crippen LogP contribution in [0.15, 0.2) is 48.5 Å². The summed E-state index contributed by atoms with van der Waals surface area (Å²) < 4.78 is 13.3. The maximum atomic E-state index is 5.52. The Morgan fingerprint density at radius 3 is 2.55 bits per heavy atom. The summed E-state index contributed by atoms with van der Waals surface area (Å²) in [4.78, 5) is 7.28. The molecule has 1 aromatic heterocycles. The molecule has 29 heavy (non-hydrogen) atoms. The lowest BCUT2D eigenvalue weighted by Crippen LogP contribution is -3.00. The van der Waals surface area contributed by atoms with Crippen LogP contribution in [0.25, 0.3) is 11.0 Å². The van der Waals surface area contributed by atoms with Gasteiger partial charge in [0.05, 0.1) is 30.9 Å². The quantitative estimate of drug-likeness (QED) is 0.576. The standard InChI is InChI=1S/C22H28N4O2.ClH/c1-2-28-19-9-7-18(8-10-19)17-23-22-24-20-5-3-4-6-21(20)26(22)12-11-25-13-15-27-16-14-25;/h3-10H,2,11-17H2,1H3,(H,23,24);1H/p-1. The lowest BCUT2D eigenvalue weighted by molar-refractivity contribution is -0.00000796. The van der Waals surface area contributed by atoms with Gasteiger partial charge in [-0.1, -0.05) is 24.3 Å². The van der Waals surface area contributed by atoms with E-state index in [1.807, 2.05) is 25.1 Å². The van der Waals surface area contributed by atoms with E-state index in [4.69, 9.17) is 14.5 Å². The summed E-state index contributed by atoms with van der Waals surface area (Å²) in [5.74, 6) is 1.83. The minimum absolute atomic E-state index is 0. The van der Waals surface area contributed by atoms with Crippen molar-refractivity contribution < 1.29 is 21.9 Å². The molecule has 4 rings (SSSR count). The summed E-state index contributed by atoms with van der Waals surface area (Å²) in [6, 6.07) is 16.6. The molecule has 0 spiro atoms. The molecule has 2 heterocycles. The van der Waals surface area contributed by atoms with Gasteiger partial charge in [0.25, 0.3) is 0 Å². The first-order chi connectivity index (χ1) is 13.8. The van der Waals surface area contributed by atoms with Gasteiger partial charge in [-0.3, -0.25) is 4.90 Å². The molecule has 1 N–H and O–H groups in total. The fourth-order valence-corrected chi connectivity index (χ4v) is 3.55. The molecule has 1 saturated heterocycles. The molecule has 0 amide bonds. The zero-order valence-electron chi connectivity index (χ0n) is 16.8. The minimum Gasteiger partial charge on any atom is -1.00 e. The van der Waals surface area contributed by atoms with Crippen LogP contribution in [-0.2, 0) is 17.8 Å². The van der Waals surface area contributed by atoms with Gasteiger partial charge >= 0.3 is 0 Å². The number of fused-ring (bicyclic) bond motifs is 1. The highest BCUT2D eigenvalue weighted by Crippen LogP contribution is 2.21. The largest absolute Gasteiger partial charge is 1.00 e. The van der Waals surface area contributed by atoms with Gasteiger partial charge in [-0.15, -0.1) is 0 Å². The number of nitrogens with one attached hydrogen (secondary N) is 1. The predicted octanol–water partition coefficient (Wildman–Crippen LogP) is 0.383. The number of para-hydroxylation sites is 2. The zero-order valence-corrected chi connectivity index (χ0v) is 17.6. The molecular formula is C22H28ClN4O2-. The second kappa shape index (κ2) is 10.5. The molecule has 1 aliphatic rings. The van der Waals surface area contributed by atoms with Crippen LogP contribution in [0, 0.1) is 0 Å². The molecule has 3 aromatic rings. The van der Waals surface area contributed by atoms with Crippen LogP contribution in [0.4, 0.5) is 5.95 Å². The molecule has 1 fully saturated rings. The normalized spacial score (nSPS) is 14.5. The number of anilines is 1.